The highest BCUT2D eigenvalue weighted by molar-refractivity contribution is 5.36. The predicted molar refractivity (Wildman–Crippen MR) is 46.5 cm³/mol. The zero-order valence-corrected chi connectivity index (χ0v) is 7.68. The lowest BCUT2D eigenvalue weighted by atomic mass is 10.2. The van der Waals surface area contributed by atoms with Gasteiger partial charge >= 0.3 is 6.23 Å². The van der Waals surface area contributed by atoms with Crippen LogP contribution in [0.5, 0.6) is 5.75 Å². The van der Waals surface area contributed by atoms with Crippen LogP contribution < -0.4 is 4.74 Å². The molecule has 1 aliphatic heterocycles. The molecule has 0 amide bonds. The molecule has 0 saturated heterocycles. The molecule has 0 saturated carbocycles. The van der Waals surface area contributed by atoms with Crippen molar-refractivity contribution < 1.29 is 19.6 Å². The molecule has 0 unspecified atom stereocenters. The predicted octanol–water partition coefficient (Wildman–Crippen LogP) is 0.326. The number of hydrogen-bond acceptors (Lipinski definition) is 7. The molecule has 9 heteroatoms. The summed E-state index contributed by atoms with van der Waals surface area (Å²) in [7, 11) is 0. The van der Waals surface area contributed by atoms with Gasteiger partial charge in [0.15, 0.2) is 0 Å². The minimum absolute atomic E-state index is 0.170. The quantitative estimate of drug-likeness (QED) is 0.539. The highest BCUT2D eigenvalue weighted by atomic mass is 17.0. The highest BCUT2D eigenvalue weighted by Gasteiger charge is 2.46. The van der Waals surface area contributed by atoms with Crippen LogP contribution in [-0.4, -0.2) is 21.2 Å². The Kier molecular flexibility index (Phi) is 2.27. The number of fused-ring (bicyclic) bond motifs is 1. The summed E-state index contributed by atoms with van der Waals surface area (Å²) in [5.41, 5.74) is 0.195. The highest BCUT2D eigenvalue weighted by Crippen LogP contribution is 2.38. The Morgan fingerprint density at radius 2 is 2.19 bits per heavy atom. The average Bonchev–Trinajstić information content (AvgIpc) is 2.57. The fourth-order valence-electron chi connectivity index (χ4n) is 1.42. The van der Waals surface area contributed by atoms with Crippen LogP contribution in [0, 0.1) is 20.2 Å². The number of rotatable bonds is 3. The summed E-state index contributed by atoms with van der Waals surface area (Å²) in [5.74, 6) is 0.170. The van der Waals surface area contributed by atoms with Gasteiger partial charge in [0.2, 0.25) is 6.10 Å². The van der Waals surface area contributed by atoms with E-state index in [1.54, 1.807) is 0 Å². The molecular weight excluding hydrogens is 222 g/mol. The number of pyridine rings is 1. The molecule has 2 heterocycles. The fraction of sp³-hybridized carbons (Fsp3) is 0.286. The third-order valence-electron chi connectivity index (χ3n) is 2.03. The average molecular weight is 227 g/mol. The Bertz CT molecular complexity index is 450. The molecule has 1 aromatic heterocycles. The van der Waals surface area contributed by atoms with E-state index in [0.29, 0.717) is 0 Å². The smallest absolute Gasteiger partial charge is 0.385 e. The molecule has 2 rings (SSSR count). The zero-order valence-electron chi connectivity index (χ0n) is 7.68. The van der Waals surface area contributed by atoms with E-state index in [1.165, 1.54) is 18.5 Å². The number of nitrogens with zero attached hydrogens (tertiary/aromatic N) is 3. The molecule has 1 aromatic rings. The molecule has 0 fully saturated rings. The molecule has 0 radical (unpaired) electrons. The van der Waals surface area contributed by atoms with Crippen molar-refractivity contribution in [1.82, 2.24) is 4.98 Å². The van der Waals surface area contributed by atoms with Gasteiger partial charge in [0.1, 0.15) is 5.75 Å². The Hall–Kier alpha value is -2.45. The standard InChI is InChI=1S/C7H5N3O6/c11-9(12)7-6(16-10(13)14)4-3-8-2-1-5(4)15-7/h1-3,6-7H/t6-,7-/m1/s1. The minimum Gasteiger partial charge on any atom is -0.428 e. The van der Waals surface area contributed by atoms with Crippen molar-refractivity contribution in [3.05, 3.63) is 44.3 Å². The van der Waals surface area contributed by atoms with Crippen LogP contribution in [-0.2, 0) is 4.84 Å². The molecular formula is C7H5N3O6. The largest absolute Gasteiger partial charge is 0.428 e. The first kappa shape index (κ1) is 10.1. The van der Waals surface area contributed by atoms with Crippen LogP contribution in [0.4, 0.5) is 0 Å². The molecule has 0 bridgehead atoms. The minimum atomic E-state index is -1.62. The van der Waals surface area contributed by atoms with Crippen molar-refractivity contribution in [3.8, 4) is 5.75 Å². The second kappa shape index (κ2) is 3.61. The molecule has 2 atom stereocenters. The van der Waals surface area contributed by atoms with Gasteiger partial charge in [0.05, 0.1) is 10.5 Å². The van der Waals surface area contributed by atoms with E-state index < -0.39 is 22.3 Å². The molecule has 0 aromatic carbocycles. The molecule has 16 heavy (non-hydrogen) atoms. The topological polar surface area (TPSA) is 118 Å². The summed E-state index contributed by atoms with van der Waals surface area (Å²) in [4.78, 5) is 28.0. The van der Waals surface area contributed by atoms with Crippen LogP contribution in [0.15, 0.2) is 18.5 Å². The first-order valence-corrected chi connectivity index (χ1v) is 4.15. The Labute approximate surface area is 87.9 Å². The van der Waals surface area contributed by atoms with Gasteiger partial charge in [0.25, 0.3) is 5.09 Å². The maximum Gasteiger partial charge on any atom is 0.385 e. The van der Waals surface area contributed by atoms with Crippen LogP contribution in [0.1, 0.15) is 11.7 Å². The maximum atomic E-state index is 10.6. The third kappa shape index (κ3) is 1.58. The number of ether oxygens (including phenoxy) is 1. The molecule has 0 N–H and O–H groups in total. The first-order chi connectivity index (χ1) is 7.59. The number of nitro groups is 1. The van der Waals surface area contributed by atoms with Crippen molar-refractivity contribution in [2.45, 2.75) is 12.3 Å². The van der Waals surface area contributed by atoms with Crippen molar-refractivity contribution in [2.24, 2.45) is 0 Å². The van der Waals surface area contributed by atoms with E-state index in [0.717, 1.165) is 0 Å². The molecule has 1 aliphatic rings. The van der Waals surface area contributed by atoms with Crippen LogP contribution in [0.2, 0.25) is 0 Å². The van der Waals surface area contributed by atoms with Gasteiger partial charge in [-0.15, -0.1) is 10.1 Å². The number of hydrogen-bond donors (Lipinski definition) is 0. The second-order valence-electron chi connectivity index (χ2n) is 2.96. The van der Waals surface area contributed by atoms with Gasteiger partial charge < -0.3 is 4.74 Å². The Balaban J connectivity index is 2.35. The lowest BCUT2D eigenvalue weighted by molar-refractivity contribution is -0.783. The van der Waals surface area contributed by atoms with Gasteiger partial charge in [-0.3, -0.25) is 19.9 Å². The molecule has 0 spiro atoms. The molecule has 0 aliphatic carbocycles. The summed E-state index contributed by atoms with van der Waals surface area (Å²) >= 11 is 0. The monoisotopic (exact) mass is 227 g/mol. The van der Waals surface area contributed by atoms with Gasteiger partial charge in [-0.1, -0.05) is 0 Å². The van der Waals surface area contributed by atoms with Crippen LogP contribution >= 0.6 is 0 Å². The number of aromatic nitrogens is 1. The zero-order chi connectivity index (χ0) is 11.7. The van der Waals surface area contributed by atoms with Crippen molar-refractivity contribution >= 4 is 0 Å². The van der Waals surface area contributed by atoms with Gasteiger partial charge in [-0.2, -0.15) is 0 Å². The van der Waals surface area contributed by atoms with E-state index in [4.69, 9.17) is 4.74 Å². The molecule has 9 nitrogen and oxygen atoms in total. The Morgan fingerprint density at radius 3 is 2.81 bits per heavy atom. The SMILES string of the molecule is O=[N+]([O-])O[C@@H]1c2cnccc2O[C@H]1[N+](=O)[O-]. The summed E-state index contributed by atoms with van der Waals surface area (Å²) in [6.07, 6.45) is -0.393. The van der Waals surface area contributed by atoms with Crippen LogP contribution in [0.3, 0.4) is 0 Å². The van der Waals surface area contributed by atoms with Crippen molar-refractivity contribution in [2.75, 3.05) is 0 Å². The molecule has 84 valence electrons. The first-order valence-electron chi connectivity index (χ1n) is 4.15. The summed E-state index contributed by atoms with van der Waals surface area (Å²) < 4.78 is 4.91. The van der Waals surface area contributed by atoms with E-state index in [2.05, 4.69) is 9.82 Å². The lowest BCUT2D eigenvalue weighted by Gasteiger charge is -2.08. The van der Waals surface area contributed by atoms with E-state index in [1.807, 2.05) is 0 Å². The van der Waals surface area contributed by atoms with Crippen molar-refractivity contribution in [3.63, 3.8) is 0 Å². The van der Waals surface area contributed by atoms with Crippen molar-refractivity contribution in [1.29, 1.82) is 0 Å². The van der Waals surface area contributed by atoms with E-state index >= 15 is 0 Å². The summed E-state index contributed by atoms with van der Waals surface area (Å²) in [6.45, 7) is 0. The van der Waals surface area contributed by atoms with Gasteiger partial charge in [0, 0.05) is 12.4 Å². The van der Waals surface area contributed by atoms with E-state index in [9.17, 15) is 20.2 Å². The third-order valence-corrected chi connectivity index (χ3v) is 2.03. The lowest BCUT2D eigenvalue weighted by Crippen LogP contribution is -2.30. The summed E-state index contributed by atoms with van der Waals surface area (Å²) in [6, 6.07) is 1.38. The van der Waals surface area contributed by atoms with Crippen LogP contribution in [0.25, 0.3) is 0 Å². The second-order valence-corrected chi connectivity index (χ2v) is 2.96. The van der Waals surface area contributed by atoms with Gasteiger partial charge in [-0.05, 0) is 6.07 Å². The maximum absolute atomic E-state index is 10.6. The Morgan fingerprint density at radius 1 is 1.44 bits per heavy atom. The normalized spacial score (nSPS) is 22.0. The summed E-state index contributed by atoms with van der Waals surface area (Å²) in [5, 5.41) is 19.7. The fourth-order valence-corrected chi connectivity index (χ4v) is 1.42. The van der Waals surface area contributed by atoms with E-state index in [-0.39, 0.29) is 11.3 Å². The van der Waals surface area contributed by atoms with Gasteiger partial charge in [-0.25, -0.2) is 0 Å².